The van der Waals surface area contributed by atoms with Gasteiger partial charge < -0.3 is 10.2 Å². The molecule has 0 saturated carbocycles. The average Bonchev–Trinajstić information content (AvgIpc) is 2.83. The number of amides is 1. The molecule has 4 heteroatoms. The Morgan fingerprint density at radius 3 is 2.69 bits per heavy atom. The maximum absolute atomic E-state index is 12.8. The maximum atomic E-state index is 12.8. The highest BCUT2D eigenvalue weighted by atomic mass is 19.1. The van der Waals surface area contributed by atoms with Crippen molar-refractivity contribution >= 4 is 5.91 Å². The first-order valence-electron chi connectivity index (χ1n) is 6.20. The third-order valence-corrected chi connectivity index (χ3v) is 4.01. The standard InChI is InChI=1S/C12H21FN2O/c1-12(9-13)3-6-15(7-4-12)11(16)10-2-5-14-8-10/h10,14H,2-9H2,1H3/t10-/m0/s1. The lowest BCUT2D eigenvalue weighted by Crippen LogP contribution is -2.45. The summed E-state index contributed by atoms with van der Waals surface area (Å²) in [5.74, 6) is 0.431. The summed E-state index contributed by atoms with van der Waals surface area (Å²) in [7, 11) is 0. The van der Waals surface area contributed by atoms with Crippen molar-refractivity contribution in [1.82, 2.24) is 10.2 Å². The second-order valence-electron chi connectivity index (χ2n) is 5.46. The van der Waals surface area contributed by atoms with Crippen molar-refractivity contribution in [2.45, 2.75) is 26.2 Å². The topological polar surface area (TPSA) is 32.3 Å². The lowest BCUT2D eigenvalue weighted by atomic mass is 9.81. The Labute approximate surface area is 96.4 Å². The Morgan fingerprint density at radius 1 is 1.50 bits per heavy atom. The fourth-order valence-corrected chi connectivity index (χ4v) is 2.52. The van der Waals surface area contributed by atoms with Crippen LogP contribution in [0, 0.1) is 11.3 Å². The molecule has 0 radical (unpaired) electrons. The van der Waals surface area contributed by atoms with Gasteiger partial charge in [-0.05, 0) is 31.2 Å². The van der Waals surface area contributed by atoms with Crippen LogP contribution in [0.15, 0.2) is 0 Å². The summed E-state index contributed by atoms with van der Waals surface area (Å²) in [6.45, 7) is 4.94. The molecule has 3 nitrogen and oxygen atoms in total. The summed E-state index contributed by atoms with van der Waals surface area (Å²) in [4.78, 5) is 14.0. The van der Waals surface area contributed by atoms with Crippen molar-refractivity contribution in [1.29, 1.82) is 0 Å². The quantitative estimate of drug-likeness (QED) is 0.770. The molecule has 0 aromatic heterocycles. The molecule has 2 aliphatic heterocycles. The molecule has 2 fully saturated rings. The average molecular weight is 228 g/mol. The number of carbonyl (C=O) groups excluding carboxylic acids is 1. The van der Waals surface area contributed by atoms with Crippen molar-refractivity contribution in [3.05, 3.63) is 0 Å². The van der Waals surface area contributed by atoms with Gasteiger partial charge in [0.05, 0.1) is 12.6 Å². The van der Waals surface area contributed by atoms with E-state index in [0.717, 1.165) is 45.4 Å². The van der Waals surface area contributed by atoms with E-state index in [1.165, 1.54) is 0 Å². The first-order chi connectivity index (χ1) is 7.64. The van der Waals surface area contributed by atoms with Crippen LogP contribution in [0.2, 0.25) is 0 Å². The Balaban J connectivity index is 1.86. The number of carbonyl (C=O) groups is 1. The van der Waals surface area contributed by atoms with Gasteiger partial charge in [-0.2, -0.15) is 0 Å². The van der Waals surface area contributed by atoms with Crippen LogP contribution >= 0.6 is 0 Å². The number of halogens is 1. The lowest BCUT2D eigenvalue weighted by Gasteiger charge is -2.38. The molecule has 2 heterocycles. The van der Waals surface area contributed by atoms with E-state index in [0.29, 0.717) is 0 Å². The number of piperidine rings is 1. The predicted molar refractivity (Wildman–Crippen MR) is 60.9 cm³/mol. The van der Waals surface area contributed by atoms with Crippen molar-refractivity contribution in [2.75, 3.05) is 32.9 Å². The molecule has 1 atom stereocenters. The number of rotatable bonds is 2. The molecule has 1 amide bonds. The highest BCUT2D eigenvalue weighted by molar-refractivity contribution is 5.79. The summed E-state index contributed by atoms with van der Waals surface area (Å²) in [5, 5.41) is 3.21. The van der Waals surface area contributed by atoms with Gasteiger partial charge in [-0.1, -0.05) is 6.92 Å². The van der Waals surface area contributed by atoms with Crippen LogP contribution in [-0.4, -0.2) is 43.7 Å². The summed E-state index contributed by atoms with van der Waals surface area (Å²) in [6.07, 6.45) is 2.56. The summed E-state index contributed by atoms with van der Waals surface area (Å²) in [5.41, 5.74) is -0.190. The van der Waals surface area contributed by atoms with Crippen molar-refractivity contribution in [3.8, 4) is 0 Å². The van der Waals surface area contributed by atoms with Gasteiger partial charge in [-0.25, -0.2) is 0 Å². The summed E-state index contributed by atoms with van der Waals surface area (Å²) >= 11 is 0. The first-order valence-corrected chi connectivity index (χ1v) is 6.20. The summed E-state index contributed by atoms with van der Waals surface area (Å²) in [6, 6.07) is 0. The van der Waals surface area contributed by atoms with Crippen molar-refractivity contribution in [3.63, 3.8) is 0 Å². The third kappa shape index (κ3) is 2.37. The maximum Gasteiger partial charge on any atom is 0.227 e. The van der Waals surface area contributed by atoms with E-state index < -0.39 is 0 Å². The monoisotopic (exact) mass is 228 g/mol. The van der Waals surface area contributed by atoms with Gasteiger partial charge in [0, 0.05) is 19.6 Å². The number of hydrogen-bond acceptors (Lipinski definition) is 2. The Bertz CT molecular complexity index is 256. The van der Waals surface area contributed by atoms with Crippen molar-refractivity contribution in [2.24, 2.45) is 11.3 Å². The van der Waals surface area contributed by atoms with Crippen LogP contribution in [0.3, 0.4) is 0 Å². The van der Waals surface area contributed by atoms with E-state index in [2.05, 4.69) is 5.32 Å². The fraction of sp³-hybridized carbons (Fsp3) is 0.917. The third-order valence-electron chi connectivity index (χ3n) is 4.01. The minimum absolute atomic E-state index is 0.162. The van der Waals surface area contributed by atoms with Gasteiger partial charge in [0.1, 0.15) is 0 Å². The molecule has 16 heavy (non-hydrogen) atoms. The molecular weight excluding hydrogens is 207 g/mol. The van der Waals surface area contributed by atoms with Crippen LogP contribution in [-0.2, 0) is 4.79 Å². The van der Waals surface area contributed by atoms with Gasteiger partial charge in [-0.3, -0.25) is 9.18 Å². The number of nitrogens with zero attached hydrogens (tertiary/aromatic N) is 1. The second-order valence-corrected chi connectivity index (χ2v) is 5.46. The predicted octanol–water partition coefficient (Wildman–Crippen LogP) is 1.19. The number of likely N-dealkylation sites (tertiary alicyclic amines) is 1. The van der Waals surface area contributed by atoms with Gasteiger partial charge in [-0.15, -0.1) is 0 Å². The molecule has 2 rings (SSSR count). The Morgan fingerprint density at radius 2 is 2.19 bits per heavy atom. The van der Waals surface area contributed by atoms with E-state index in [1.54, 1.807) is 0 Å². The molecule has 2 aliphatic rings. The minimum atomic E-state index is -0.264. The largest absolute Gasteiger partial charge is 0.342 e. The van der Waals surface area contributed by atoms with Gasteiger partial charge in [0.25, 0.3) is 0 Å². The Kier molecular flexibility index (Phi) is 3.47. The van der Waals surface area contributed by atoms with Gasteiger partial charge in [0.15, 0.2) is 0 Å². The van der Waals surface area contributed by atoms with Crippen LogP contribution in [0.25, 0.3) is 0 Å². The van der Waals surface area contributed by atoms with E-state index in [9.17, 15) is 9.18 Å². The SMILES string of the molecule is CC1(CF)CCN(C(=O)[C@H]2CCNC2)CC1. The second kappa shape index (κ2) is 4.70. The van der Waals surface area contributed by atoms with E-state index in [4.69, 9.17) is 0 Å². The van der Waals surface area contributed by atoms with Crippen LogP contribution in [0.4, 0.5) is 4.39 Å². The molecule has 0 bridgehead atoms. The number of hydrogen-bond donors (Lipinski definition) is 1. The molecule has 2 saturated heterocycles. The Hall–Kier alpha value is -0.640. The zero-order valence-electron chi connectivity index (χ0n) is 9.97. The normalized spacial score (nSPS) is 29.4. The van der Waals surface area contributed by atoms with Crippen LogP contribution < -0.4 is 5.32 Å². The minimum Gasteiger partial charge on any atom is -0.342 e. The first kappa shape index (κ1) is 11.8. The lowest BCUT2D eigenvalue weighted by molar-refractivity contribution is -0.137. The highest BCUT2D eigenvalue weighted by Gasteiger charge is 2.34. The zero-order chi connectivity index (χ0) is 11.6. The molecule has 0 aromatic rings. The van der Waals surface area contributed by atoms with Gasteiger partial charge in [0.2, 0.25) is 5.91 Å². The fourth-order valence-electron chi connectivity index (χ4n) is 2.52. The van der Waals surface area contributed by atoms with Crippen molar-refractivity contribution < 1.29 is 9.18 Å². The molecule has 1 N–H and O–H groups in total. The number of alkyl halides is 1. The highest BCUT2D eigenvalue weighted by Crippen LogP contribution is 2.31. The van der Waals surface area contributed by atoms with Crippen LogP contribution in [0.1, 0.15) is 26.2 Å². The molecule has 0 aromatic carbocycles. The molecule has 0 unspecified atom stereocenters. The van der Waals surface area contributed by atoms with Crippen LogP contribution in [0.5, 0.6) is 0 Å². The number of nitrogens with one attached hydrogen (secondary N) is 1. The van der Waals surface area contributed by atoms with E-state index >= 15 is 0 Å². The molecular formula is C12H21FN2O. The van der Waals surface area contributed by atoms with Gasteiger partial charge >= 0.3 is 0 Å². The smallest absolute Gasteiger partial charge is 0.227 e. The van der Waals surface area contributed by atoms with E-state index in [1.807, 2.05) is 11.8 Å². The molecule has 0 spiro atoms. The molecule has 92 valence electrons. The molecule has 0 aliphatic carbocycles. The zero-order valence-corrected chi connectivity index (χ0v) is 9.97. The van der Waals surface area contributed by atoms with E-state index in [-0.39, 0.29) is 23.9 Å². The summed E-state index contributed by atoms with van der Waals surface area (Å²) < 4.78 is 12.8.